The van der Waals surface area contributed by atoms with E-state index >= 15 is 0 Å². The quantitative estimate of drug-likeness (QED) is 0.190. The van der Waals surface area contributed by atoms with Crippen molar-refractivity contribution >= 4 is 52.2 Å². The second-order valence-corrected chi connectivity index (χ2v) is 10.6. The highest BCUT2D eigenvalue weighted by Gasteiger charge is 2.20. The van der Waals surface area contributed by atoms with Gasteiger partial charge in [-0.05, 0) is 57.5 Å². The Kier molecular flexibility index (Phi) is 8.57. The Balaban J connectivity index is 1.57. The van der Waals surface area contributed by atoms with Gasteiger partial charge >= 0.3 is 5.97 Å². The van der Waals surface area contributed by atoms with Gasteiger partial charge < -0.3 is 20.7 Å². The zero-order valence-corrected chi connectivity index (χ0v) is 23.5. The Bertz CT molecular complexity index is 1500. The summed E-state index contributed by atoms with van der Waals surface area (Å²) in [6.07, 6.45) is 3.47. The molecule has 0 aliphatic heterocycles. The van der Waals surface area contributed by atoms with Crippen LogP contribution in [-0.4, -0.2) is 56.7 Å². The fourth-order valence-electron chi connectivity index (χ4n) is 3.62. The summed E-state index contributed by atoms with van der Waals surface area (Å²) >= 11 is 12.5. The van der Waals surface area contributed by atoms with Crippen molar-refractivity contribution in [3.63, 3.8) is 0 Å². The van der Waals surface area contributed by atoms with Crippen LogP contribution in [0, 0.1) is 6.92 Å². The Hall–Kier alpha value is -3.89. The van der Waals surface area contributed by atoms with Crippen LogP contribution >= 0.6 is 23.2 Å². The van der Waals surface area contributed by atoms with Crippen molar-refractivity contribution in [2.24, 2.45) is 0 Å². The minimum absolute atomic E-state index is 0.116. The molecular weight excluding hydrogens is 541 g/mol. The molecule has 0 saturated carbocycles. The van der Waals surface area contributed by atoms with Gasteiger partial charge in [-0.2, -0.15) is 5.10 Å². The number of esters is 1. The average Bonchev–Trinajstić information content (AvgIpc) is 3.30. The van der Waals surface area contributed by atoms with E-state index in [4.69, 9.17) is 32.9 Å². The van der Waals surface area contributed by atoms with Crippen LogP contribution < -0.4 is 16.0 Å². The van der Waals surface area contributed by atoms with Gasteiger partial charge in [0.15, 0.2) is 11.5 Å². The molecule has 4 rings (SSSR count). The zero-order chi connectivity index (χ0) is 28.2. The number of benzene rings is 1. The third-order valence-corrected chi connectivity index (χ3v) is 5.89. The van der Waals surface area contributed by atoms with Crippen LogP contribution in [0.1, 0.15) is 36.8 Å². The summed E-state index contributed by atoms with van der Waals surface area (Å²) < 4.78 is 6.80. The van der Waals surface area contributed by atoms with Crippen molar-refractivity contribution in [2.45, 2.75) is 33.3 Å². The molecule has 0 unspecified atom stereocenters. The molecule has 1 amide bonds. The van der Waals surface area contributed by atoms with Crippen LogP contribution in [0.4, 0.5) is 11.6 Å². The Morgan fingerprint density at radius 3 is 2.51 bits per heavy atom. The molecule has 204 valence electrons. The number of hydrogen-bond acceptors (Lipinski definition) is 8. The van der Waals surface area contributed by atoms with E-state index < -0.39 is 17.5 Å². The predicted molar refractivity (Wildman–Crippen MR) is 153 cm³/mol. The number of ether oxygens (including phenoxy) is 1. The largest absolute Gasteiger partial charge is 0.459 e. The minimum atomic E-state index is -0.652. The molecule has 1 aromatic carbocycles. The topological polar surface area (TPSA) is 123 Å². The molecule has 12 heteroatoms. The summed E-state index contributed by atoms with van der Waals surface area (Å²) in [4.78, 5) is 33.9. The van der Waals surface area contributed by atoms with Crippen LogP contribution in [0.5, 0.6) is 0 Å². The van der Waals surface area contributed by atoms with Gasteiger partial charge in [-0.25, -0.2) is 14.5 Å². The number of nitrogens with zero attached hydrogens (tertiary/aromatic N) is 4. The molecule has 0 radical (unpaired) electrons. The van der Waals surface area contributed by atoms with Crippen LogP contribution in [0.15, 0.2) is 48.8 Å². The molecule has 4 aromatic rings. The molecule has 3 heterocycles. The molecule has 3 aromatic heterocycles. The first-order chi connectivity index (χ1) is 18.5. The third kappa shape index (κ3) is 7.58. The number of anilines is 2. The Morgan fingerprint density at radius 2 is 1.82 bits per heavy atom. The molecule has 0 aliphatic rings. The first-order valence-electron chi connectivity index (χ1n) is 12.2. The normalized spacial score (nSPS) is 11.3. The number of carbonyl (C=O) groups excluding carboxylic acids is 2. The number of halogens is 2. The van der Waals surface area contributed by atoms with Crippen molar-refractivity contribution in [1.29, 1.82) is 0 Å². The van der Waals surface area contributed by atoms with E-state index in [0.717, 1.165) is 11.4 Å². The van der Waals surface area contributed by atoms with Gasteiger partial charge in [0.05, 0.1) is 16.9 Å². The van der Waals surface area contributed by atoms with Gasteiger partial charge in [0.2, 0.25) is 0 Å². The molecular formula is C27H29Cl2N7O3. The van der Waals surface area contributed by atoms with E-state index in [2.05, 4.69) is 26.0 Å². The van der Waals surface area contributed by atoms with E-state index in [1.54, 1.807) is 61.9 Å². The van der Waals surface area contributed by atoms with Gasteiger partial charge in [0, 0.05) is 35.9 Å². The number of aryl methyl sites for hydroxylation is 1. The smallest absolute Gasteiger partial charge is 0.325 e. The van der Waals surface area contributed by atoms with E-state index in [9.17, 15) is 9.59 Å². The van der Waals surface area contributed by atoms with E-state index in [1.807, 2.05) is 19.1 Å². The van der Waals surface area contributed by atoms with E-state index in [0.29, 0.717) is 45.7 Å². The predicted octanol–water partition coefficient (Wildman–Crippen LogP) is 5.00. The monoisotopic (exact) mass is 569 g/mol. The maximum absolute atomic E-state index is 12.8. The van der Waals surface area contributed by atoms with Crippen molar-refractivity contribution in [1.82, 2.24) is 24.9 Å². The molecule has 0 atom stereocenters. The Labute approximate surface area is 236 Å². The number of aromatic nitrogens is 4. The molecule has 39 heavy (non-hydrogen) atoms. The second kappa shape index (κ2) is 11.9. The number of amides is 1. The number of nitrogens with one attached hydrogen (secondary N) is 3. The molecule has 0 fully saturated rings. The highest BCUT2D eigenvalue weighted by Crippen LogP contribution is 2.31. The lowest BCUT2D eigenvalue weighted by atomic mass is 10.1. The van der Waals surface area contributed by atoms with E-state index in [1.165, 1.54) is 0 Å². The lowest BCUT2D eigenvalue weighted by Gasteiger charge is -2.19. The summed E-state index contributed by atoms with van der Waals surface area (Å²) in [6, 6.07) is 10.6. The maximum atomic E-state index is 12.8. The van der Waals surface area contributed by atoms with Gasteiger partial charge in [0.1, 0.15) is 23.5 Å². The van der Waals surface area contributed by atoms with Crippen LogP contribution in [0.25, 0.3) is 16.8 Å². The number of pyridine rings is 1. The number of rotatable bonds is 9. The lowest BCUT2D eigenvalue weighted by Crippen LogP contribution is -2.34. The molecule has 0 spiro atoms. The zero-order valence-electron chi connectivity index (χ0n) is 22.0. The summed E-state index contributed by atoms with van der Waals surface area (Å²) in [5.41, 5.74) is 2.29. The summed E-state index contributed by atoms with van der Waals surface area (Å²) in [7, 11) is 0. The molecule has 0 aliphatic carbocycles. The molecule has 0 bridgehead atoms. The first kappa shape index (κ1) is 28.1. The Morgan fingerprint density at radius 1 is 1.05 bits per heavy atom. The van der Waals surface area contributed by atoms with Crippen molar-refractivity contribution in [3.8, 4) is 11.3 Å². The average molecular weight is 570 g/mol. The number of carbonyl (C=O) groups is 2. The first-order valence-corrected chi connectivity index (χ1v) is 13.0. The maximum Gasteiger partial charge on any atom is 0.325 e. The van der Waals surface area contributed by atoms with Crippen molar-refractivity contribution < 1.29 is 14.3 Å². The van der Waals surface area contributed by atoms with Crippen LogP contribution in [0.3, 0.4) is 0 Å². The van der Waals surface area contributed by atoms with E-state index in [-0.39, 0.29) is 12.2 Å². The van der Waals surface area contributed by atoms with Crippen molar-refractivity contribution in [3.05, 3.63) is 70.1 Å². The molecule has 3 N–H and O–H groups in total. The number of fused-ring (bicyclic) bond motifs is 1. The minimum Gasteiger partial charge on any atom is -0.459 e. The van der Waals surface area contributed by atoms with Gasteiger partial charge in [0.25, 0.3) is 5.91 Å². The highest BCUT2D eigenvalue weighted by molar-refractivity contribution is 6.36. The summed E-state index contributed by atoms with van der Waals surface area (Å²) in [5, 5.41) is 14.5. The summed E-state index contributed by atoms with van der Waals surface area (Å²) in [5.74, 6) is 0.193. The van der Waals surface area contributed by atoms with Gasteiger partial charge in [-0.15, -0.1) is 0 Å². The molecule has 10 nitrogen and oxygen atoms in total. The van der Waals surface area contributed by atoms with Crippen LogP contribution in [0.2, 0.25) is 10.0 Å². The number of hydrogen-bond donors (Lipinski definition) is 3. The fourth-order valence-corrected chi connectivity index (χ4v) is 4.13. The van der Waals surface area contributed by atoms with Gasteiger partial charge in [-0.3, -0.25) is 9.59 Å². The SMILES string of the molecule is Cc1ccc(NCCNc2nc(-c3ccc(Cl)cc3Cl)cn3nc(C(=O)NCC(=O)OC(C)(C)C)cc23)nc1. The highest BCUT2D eigenvalue weighted by atomic mass is 35.5. The van der Waals surface area contributed by atoms with Gasteiger partial charge in [-0.1, -0.05) is 29.3 Å². The fraction of sp³-hybridized carbons (Fsp3) is 0.296. The third-order valence-electron chi connectivity index (χ3n) is 5.34. The van der Waals surface area contributed by atoms with Crippen LogP contribution in [-0.2, 0) is 9.53 Å². The summed E-state index contributed by atoms with van der Waals surface area (Å²) in [6.45, 7) is 8.04. The molecule has 0 saturated heterocycles. The lowest BCUT2D eigenvalue weighted by molar-refractivity contribution is -0.153. The standard InChI is InChI=1S/C27H29Cl2N7O3/c1-16-5-8-23(32-13-16)30-9-10-31-25-22-12-20(26(38)33-14-24(37)39-27(2,3)4)35-36(22)15-21(34-25)18-7-6-17(28)11-19(18)29/h5-8,11-13,15H,9-10,14H2,1-4H3,(H,30,32)(H,31,34)(H,33,38). The van der Waals surface area contributed by atoms with Crippen molar-refractivity contribution in [2.75, 3.05) is 30.3 Å². The second-order valence-electron chi connectivity index (χ2n) is 9.80.